The molecule has 8 nitrogen and oxygen atoms in total. The maximum absolute atomic E-state index is 14.7. The fourth-order valence-corrected chi connectivity index (χ4v) is 15.2. The molecule has 6 fully saturated rings. The summed E-state index contributed by atoms with van der Waals surface area (Å²) in [7, 11) is 0. The topological polar surface area (TPSA) is 100 Å². The van der Waals surface area contributed by atoms with Gasteiger partial charge in [-0.05, 0) is 171 Å². The largest absolute Gasteiger partial charge is 0.494 e. The van der Waals surface area contributed by atoms with Crippen molar-refractivity contribution >= 4 is 11.8 Å². The number of carbonyl (C=O) groups excluding carboxylic acids is 2. The molecule has 8 rings (SSSR count). The zero-order valence-electron chi connectivity index (χ0n) is 38.5. The summed E-state index contributed by atoms with van der Waals surface area (Å²) in [5.74, 6) is 3.37. The van der Waals surface area contributed by atoms with Crippen molar-refractivity contribution in [3.8, 4) is 5.75 Å². The lowest BCUT2D eigenvalue weighted by molar-refractivity contribution is -0.246. The lowest BCUT2D eigenvalue weighted by atomic mass is 9.32. The van der Waals surface area contributed by atoms with E-state index >= 15 is 0 Å². The van der Waals surface area contributed by atoms with Crippen molar-refractivity contribution in [2.24, 2.45) is 56.7 Å². The summed E-state index contributed by atoms with van der Waals surface area (Å²) in [5.41, 5.74) is 4.16. The first-order valence-electron chi connectivity index (χ1n) is 24.1. The molecular weight excluding hydrogens is 759 g/mol. The van der Waals surface area contributed by atoms with Crippen molar-refractivity contribution in [2.75, 3.05) is 46.0 Å². The van der Waals surface area contributed by atoms with Crippen molar-refractivity contribution in [1.82, 2.24) is 15.5 Å². The molecule has 2 aromatic carbocycles. The molecule has 0 bridgehead atoms. The molecule has 2 amide bonds. The number of ether oxygens (including phenoxy) is 2. The minimum atomic E-state index is -0.357. The van der Waals surface area contributed by atoms with Crippen LogP contribution in [0.15, 0.2) is 60.7 Å². The normalized spacial score (nSPS) is 36.7. The number of hydrogen-bond acceptors (Lipinski definition) is 6. The van der Waals surface area contributed by atoms with E-state index in [0.717, 1.165) is 94.7 Å². The highest BCUT2D eigenvalue weighted by molar-refractivity contribution is 5.94. The summed E-state index contributed by atoms with van der Waals surface area (Å²) >= 11 is 0. The third kappa shape index (κ3) is 8.02. The standard InChI is InChI=1S/C53H77N3O5/c1-36(2)41-18-24-53(26-25-51(6)42(46(41)53)16-17-44-50(5)22-20-45(57)49(3,4)43(50)19-23-52(44,51)7)48(59)54-27-21-37-10-8-11-39(34-37)47(58)55-35-38-12-14-40(15-13-38)61-31-9-28-56-29-32-60-33-30-56/h8,10-15,34,41-46,57H,1,9,16-33,35H2,2-7H3,(H,54,59)(H,55,58)/t41?,42?,43?,44?,45?,46?,50?,51-,52?,53?/m1/s1. The minimum absolute atomic E-state index is 0.0520. The van der Waals surface area contributed by atoms with Crippen LogP contribution < -0.4 is 15.4 Å². The number of carbonyl (C=O) groups is 2. The van der Waals surface area contributed by atoms with Gasteiger partial charge in [-0.2, -0.15) is 0 Å². The zero-order valence-corrected chi connectivity index (χ0v) is 38.5. The molecule has 10 atom stereocenters. The van der Waals surface area contributed by atoms with Crippen LogP contribution in [0.5, 0.6) is 5.75 Å². The van der Waals surface area contributed by atoms with Gasteiger partial charge < -0.3 is 25.2 Å². The monoisotopic (exact) mass is 836 g/mol. The SMILES string of the molecule is C=C(C)C1CCC2(C(=O)NCCc3cccc(C(=O)NCc4ccc(OCCCN5CCOCC5)cc4)c3)CC[C@]3(C)C(CCC4C5(C)CCC(O)C(C)(C)C5CCC43C)C12. The van der Waals surface area contributed by atoms with Gasteiger partial charge >= 0.3 is 0 Å². The van der Waals surface area contributed by atoms with Gasteiger partial charge in [0.25, 0.3) is 5.91 Å². The van der Waals surface area contributed by atoms with Crippen LogP contribution in [-0.4, -0.2) is 73.9 Å². The Balaban J connectivity index is 0.866. The molecule has 9 unspecified atom stereocenters. The van der Waals surface area contributed by atoms with E-state index in [-0.39, 0.29) is 45.0 Å². The van der Waals surface area contributed by atoms with E-state index < -0.39 is 0 Å². The van der Waals surface area contributed by atoms with Gasteiger partial charge in [0, 0.05) is 38.3 Å². The molecule has 61 heavy (non-hydrogen) atoms. The molecule has 8 heteroatoms. The van der Waals surface area contributed by atoms with E-state index in [2.05, 4.69) is 69.7 Å². The molecule has 5 saturated carbocycles. The fraction of sp³-hybridized carbons (Fsp3) is 0.698. The number of nitrogens with one attached hydrogen (secondary N) is 2. The number of nitrogens with zero attached hydrogens (tertiary/aromatic N) is 1. The van der Waals surface area contributed by atoms with E-state index in [4.69, 9.17) is 9.47 Å². The molecule has 2 aromatic rings. The molecule has 1 saturated heterocycles. The van der Waals surface area contributed by atoms with Crippen molar-refractivity contribution in [3.63, 3.8) is 0 Å². The van der Waals surface area contributed by atoms with E-state index in [1.54, 1.807) is 0 Å². The number of rotatable bonds is 13. The van der Waals surface area contributed by atoms with Crippen molar-refractivity contribution in [2.45, 2.75) is 131 Å². The van der Waals surface area contributed by atoms with Crippen molar-refractivity contribution in [1.29, 1.82) is 0 Å². The fourth-order valence-electron chi connectivity index (χ4n) is 15.2. The molecule has 0 aromatic heterocycles. The number of aliphatic hydroxyl groups excluding tert-OH is 1. The summed E-state index contributed by atoms with van der Waals surface area (Å²) in [4.78, 5) is 30.4. The van der Waals surface area contributed by atoms with Crippen molar-refractivity contribution in [3.05, 3.63) is 77.4 Å². The Bertz CT molecular complexity index is 1910. The number of allylic oxidation sites excluding steroid dienone is 1. The third-order valence-corrected chi connectivity index (χ3v) is 18.8. The molecule has 1 heterocycles. The third-order valence-electron chi connectivity index (χ3n) is 18.8. The van der Waals surface area contributed by atoms with Gasteiger partial charge in [-0.3, -0.25) is 14.5 Å². The Morgan fingerprint density at radius 3 is 2.38 bits per heavy atom. The second-order valence-electron chi connectivity index (χ2n) is 21.9. The summed E-state index contributed by atoms with van der Waals surface area (Å²) in [6, 6.07) is 15.8. The van der Waals surface area contributed by atoms with Crippen LogP contribution in [0.25, 0.3) is 0 Å². The second kappa shape index (κ2) is 17.4. The summed E-state index contributed by atoms with van der Waals surface area (Å²) in [6.45, 7) is 25.6. The average molecular weight is 836 g/mol. The van der Waals surface area contributed by atoms with Gasteiger partial charge in [0.1, 0.15) is 5.75 Å². The van der Waals surface area contributed by atoms with Crippen LogP contribution in [0, 0.1) is 56.7 Å². The molecule has 0 radical (unpaired) electrons. The molecule has 5 aliphatic carbocycles. The summed E-state index contributed by atoms with van der Waals surface area (Å²) < 4.78 is 11.4. The lowest BCUT2D eigenvalue weighted by Crippen LogP contribution is -2.67. The Morgan fingerprint density at radius 1 is 0.852 bits per heavy atom. The predicted molar refractivity (Wildman–Crippen MR) is 243 cm³/mol. The highest BCUT2D eigenvalue weighted by Crippen LogP contribution is 2.77. The number of morpholine rings is 1. The highest BCUT2D eigenvalue weighted by Gasteiger charge is 2.71. The molecule has 3 N–H and O–H groups in total. The summed E-state index contributed by atoms with van der Waals surface area (Å²) in [5, 5.41) is 17.7. The van der Waals surface area contributed by atoms with Gasteiger partial charge in [-0.15, -0.1) is 0 Å². The number of aliphatic hydroxyl groups is 1. The van der Waals surface area contributed by atoms with Crippen LogP contribution in [0.1, 0.15) is 134 Å². The van der Waals surface area contributed by atoms with Crippen molar-refractivity contribution < 1.29 is 24.2 Å². The van der Waals surface area contributed by atoms with Gasteiger partial charge in [-0.1, -0.05) is 71.0 Å². The highest BCUT2D eigenvalue weighted by atomic mass is 16.5. The molecular formula is C53H77N3O5. The first-order chi connectivity index (χ1) is 29.1. The molecule has 1 aliphatic heterocycles. The Labute approximate surface area is 367 Å². The zero-order chi connectivity index (χ0) is 43.2. The summed E-state index contributed by atoms with van der Waals surface area (Å²) in [6.07, 6.45) is 12.4. The first kappa shape index (κ1) is 44.4. The number of hydrogen-bond donors (Lipinski definition) is 3. The van der Waals surface area contributed by atoms with E-state index in [9.17, 15) is 14.7 Å². The van der Waals surface area contributed by atoms with E-state index in [1.165, 1.54) is 31.3 Å². The maximum atomic E-state index is 14.7. The van der Waals surface area contributed by atoms with Crippen LogP contribution in [0.3, 0.4) is 0 Å². The first-order valence-corrected chi connectivity index (χ1v) is 24.1. The second-order valence-corrected chi connectivity index (χ2v) is 21.9. The van der Waals surface area contributed by atoms with Crippen LogP contribution in [-0.2, 0) is 22.5 Å². The van der Waals surface area contributed by atoms with E-state index in [0.29, 0.717) is 61.3 Å². The maximum Gasteiger partial charge on any atom is 0.251 e. The van der Waals surface area contributed by atoms with Gasteiger partial charge in [0.15, 0.2) is 0 Å². The predicted octanol–water partition coefficient (Wildman–Crippen LogP) is 9.39. The minimum Gasteiger partial charge on any atom is -0.494 e. The quantitative estimate of drug-likeness (QED) is 0.137. The van der Waals surface area contributed by atoms with E-state index in [1.807, 2.05) is 42.5 Å². The average Bonchev–Trinajstić information content (AvgIpc) is 3.66. The van der Waals surface area contributed by atoms with Crippen LogP contribution >= 0.6 is 0 Å². The Kier molecular flexibility index (Phi) is 12.7. The number of amides is 2. The lowest BCUT2D eigenvalue weighted by Gasteiger charge is -2.72. The van der Waals surface area contributed by atoms with Gasteiger partial charge in [0.2, 0.25) is 5.91 Å². The molecule has 0 spiro atoms. The van der Waals surface area contributed by atoms with Gasteiger partial charge in [0.05, 0.1) is 31.3 Å². The smallest absolute Gasteiger partial charge is 0.251 e. The Morgan fingerprint density at radius 2 is 1.62 bits per heavy atom. The van der Waals surface area contributed by atoms with Crippen LogP contribution in [0.4, 0.5) is 0 Å². The Hall–Kier alpha value is -3.20. The molecule has 334 valence electrons. The van der Waals surface area contributed by atoms with Gasteiger partial charge in [-0.25, -0.2) is 0 Å². The number of benzene rings is 2. The number of fused-ring (bicyclic) bond motifs is 7. The van der Waals surface area contributed by atoms with Crippen LogP contribution in [0.2, 0.25) is 0 Å². The molecule has 6 aliphatic rings.